The number of carbonyl (C=O) groups excluding carboxylic acids is 2. The molecule has 0 spiro atoms. The van der Waals surface area contributed by atoms with Gasteiger partial charge in [0.2, 0.25) is 0 Å². The summed E-state index contributed by atoms with van der Waals surface area (Å²) in [5.74, 6) is 0.114. The maximum absolute atomic E-state index is 12.9. The van der Waals surface area contributed by atoms with Crippen molar-refractivity contribution in [1.82, 2.24) is 4.90 Å². The first-order valence-electron chi connectivity index (χ1n) is 9.94. The number of ether oxygens (including phenoxy) is 2. The summed E-state index contributed by atoms with van der Waals surface area (Å²) in [6.45, 7) is 6.38. The molecule has 1 amide bonds. The summed E-state index contributed by atoms with van der Waals surface area (Å²) >= 11 is 0. The van der Waals surface area contributed by atoms with Crippen LogP contribution >= 0.6 is 0 Å². The van der Waals surface area contributed by atoms with Gasteiger partial charge in [-0.25, -0.2) is 0 Å². The summed E-state index contributed by atoms with van der Waals surface area (Å²) in [5, 5.41) is 11.0. The Morgan fingerprint density at radius 3 is 2.43 bits per heavy atom. The molecule has 0 radical (unpaired) electrons. The summed E-state index contributed by atoms with van der Waals surface area (Å²) in [6.07, 6.45) is 0.574. The minimum Gasteiger partial charge on any atom is -0.507 e. The predicted octanol–water partition coefficient (Wildman–Crippen LogP) is 3.83. The molecule has 1 aromatic heterocycles. The third-order valence-corrected chi connectivity index (χ3v) is 4.82. The summed E-state index contributed by atoms with van der Waals surface area (Å²) in [5.41, 5.74) is 0.443. The molecule has 0 saturated carbocycles. The molecule has 1 aromatic carbocycles. The summed E-state index contributed by atoms with van der Waals surface area (Å²) in [7, 11) is 1.58. The van der Waals surface area contributed by atoms with Crippen molar-refractivity contribution in [2.75, 3.05) is 20.3 Å². The molecule has 30 heavy (non-hydrogen) atoms. The summed E-state index contributed by atoms with van der Waals surface area (Å²) in [6, 6.07) is 9.46. The standard InChI is InChI=1S/C23H27NO6/c1-14(2)29-17-9-7-16(8-10-17)21(25)19-20(18-11-6-15(3)30-18)24(12-5-13-28-4)23(27)22(19)26/h6-11,14,20,25H,5,12-13H2,1-4H3/b21-19-. The van der Waals surface area contributed by atoms with Crippen LogP contribution in [0, 0.1) is 6.92 Å². The molecule has 1 saturated heterocycles. The van der Waals surface area contributed by atoms with E-state index in [9.17, 15) is 14.7 Å². The molecular weight excluding hydrogens is 386 g/mol. The molecule has 0 aliphatic carbocycles. The molecule has 160 valence electrons. The first-order chi connectivity index (χ1) is 14.3. The van der Waals surface area contributed by atoms with Crippen molar-refractivity contribution in [3.05, 3.63) is 59.1 Å². The summed E-state index contributed by atoms with van der Waals surface area (Å²) in [4.78, 5) is 27.0. The smallest absolute Gasteiger partial charge is 0.295 e. The Kier molecular flexibility index (Phi) is 6.62. The van der Waals surface area contributed by atoms with Crippen LogP contribution in [0.5, 0.6) is 5.75 Å². The molecule has 1 fully saturated rings. The van der Waals surface area contributed by atoms with Crippen molar-refractivity contribution in [3.8, 4) is 5.75 Å². The highest BCUT2D eigenvalue weighted by Gasteiger charge is 2.47. The fourth-order valence-corrected chi connectivity index (χ4v) is 3.51. The summed E-state index contributed by atoms with van der Waals surface area (Å²) < 4.78 is 16.4. The molecule has 1 N–H and O–H groups in total. The van der Waals surface area contributed by atoms with E-state index >= 15 is 0 Å². The molecule has 0 bridgehead atoms. The number of hydrogen-bond acceptors (Lipinski definition) is 6. The number of aryl methyl sites for hydroxylation is 1. The zero-order chi connectivity index (χ0) is 21.8. The quantitative estimate of drug-likeness (QED) is 0.306. The third kappa shape index (κ3) is 4.41. The van der Waals surface area contributed by atoms with E-state index in [1.165, 1.54) is 4.90 Å². The van der Waals surface area contributed by atoms with Gasteiger partial charge in [-0.15, -0.1) is 0 Å². The fourth-order valence-electron chi connectivity index (χ4n) is 3.51. The minimum absolute atomic E-state index is 0.0177. The molecule has 7 heteroatoms. The Labute approximate surface area is 175 Å². The lowest BCUT2D eigenvalue weighted by atomic mass is 9.99. The lowest BCUT2D eigenvalue weighted by Gasteiger charge is -2.23. The molecule has 2 heterocycles. The topological polar surface area (TPSA) is 89.2 Å². The van der Waals surface area contributed by atoms with Crippen molar-refractivity contribution < 1.29 is 28.6 Å². The van der Waals surface area contributed by atoms with Crippen LogP contribution in [0.25, 0.3) is 5.76 Å². The minimum atomic E-state index is -0.790. The van der Waals surface area contributed by atoms with E-state index in [1.807, 2.05) is 13.8 Å². The number of methoxy groups -OCH3 is 1. The lowest BCUT2D eigenvalue weighted by Crippen LogP contribution is -2.31. The molecule has 7 nitrogen and oxygen atoms in total. The Hall–Kier alpha value is -3.06. The maximum atomic E-state index is 12.9. The Balaban J connectivity index is 2.02. The van der Waals surface area contributed by atoms with Gasteiger partial charge in [0.25, 0.3) is 11.7 Å². The second-order valence-corrected chi connectivity index (χ2v) is 7.48. The highest BCUT2D eigenvalue weighted by Crippen LogP contribution is 2.40. The predicted molar refractivity (Wildman–Crippen MR) is 111 cm³/mol. The van der Waals surface area contributed by atoms with Crippen molar-refractivity contribution in [2.24, 2.45) is 0 Å². The molecule has 2 aromatic rings. The first-order valence-corrected chi connectivity index (χ1v) is 9.94. The van der Waals surface area contributed by atoms with Crippen LogP contribution < -0.4 is 4.74 Å². The van der Waals surface area contributed by atoms with Gasteiger partial charge in [0.05, 0.1) is 11.7 Å². The zero-order valence-electron chi connectivity index (χ0n) is 17.7. The number of carbonyl (C=O) groups is 2. The van der Waals surface area contributed by atoms with Gasteiger partial charge in [-0.2, -0.15) is 0 Å². The van der Waals surface area contributed by atoms with Crippen LogP contribution in [0.1, 0.15) is 43.4 Å². The van der Waals surface area contributed by atoms with E-state index in [2.05, 4.69) is 0 Å². The lowest BCUT2D eigenvalue weighted by molar-refractivity contribution is -0.140. The van der Waals surface area contributed by atoms with Gasteiger partial charge in [-0.05, 0) is 63.6 Å². The second-order valence-electron chi connectivity index (χ2n) is 7.48. The number of furan rings is 1. The molecule has 1 unspecified atom stereocenters. The van der Waals surface area contributed by atoms with E-state index in [4.69, 9.17) is 13.9 Å². The monoisotopic (exact) mass is 413 g/mol. The number of ketones is 1. The Morgan fingerprint density at radius 2 is 1.87 bits per heavy atom. The average molecular weight is 413 g/mol. The van der Waals surface area contributed by atoms with Crippen molar-refractivity contribution in [2.45, 2.75) is 39.3 Å². The van der Waals surface area contributed by atoms with Crippen LogP contribution in [0.2, 0.25) is 0 Å². The number of likely N-dealkylation sites (tertiary alicyclic amines) is 1. The Bertz CT molecular complexity index is 941. The van der Waals surface area contributed by atoms with Gasteiger partial charge in [0.1, 0.15) is 29.1 Å². The van der Waals surface area contributed by atoms with E-state index in [0.717, 1.165) is 0 Å². The number of rotatable bonds is 8. The van der Waals surface area contributed by atoms with Crippen molar-refractivity contribution in [1.29, 1.82) is 0 Å². The molecule has 1 atom stereocenters. The van der Waals surface area contributed by atoms with E-state index in [0.29, 0.717) is 42.4 Å². The van der Waals surface area contributed by atoms with E-state index < -0.39 is 17.7 Å². The number of nitrogens with zero attached hydrogens (tertiary/aromatic N) is 1. The second kappa shape index (κ2) is 9.17. The van der Waals surface area contributed by atoms with Crippen molar-refractivity contribution in [3.63, 3.8) is 0 Å². The molecule has 1 aliphatic heterocycles. The van der Waals surface area contributed by atoms with E-state index in [-0.39, 0.29) is 17.4 Å². The number of amides is 1. The fraction of sp³-hybridized carbons (Fsp3) is 0.391. The van der Waals surface area contributed by atoms with Crippen LogP contribution in [0.3, 0.4) is 0 Å². The third-order valence-electron chi connectivity index (χ3n) is 4.82. The number of benzene rings is 1. The van der Waals surface area contributed by atoms with Gasteiger partial charge in [0, 0.05) is 25.8 Å². The van der Waals surface area contributed by atoms with Gasteiger partial charge >= 0.3 is 0 Å². The SMILES string of the molecule is COCCCN1C(=O)C(=O)/C(=C(\O)c2ccc(OC(C)C)cc2)C1c1ccc(C)o1. The zero-order valence-corrected chi connectivity index (χ0v) is 17.7. The van der Waals surface area contributed by atoms with Crippen LogP contribution in [0.15, 0.2) is 46.4 Å². The molecule has 1 aliphatic rings. The van der Waals surface area contributed by atoms with Gasteiger partial charge in [0.15, 0.2) is 0 Å². The van der Waals surface area contributed by atoms with Gasteiger partial charge < -0.3 is 23.9 Å². The van der Waals surface area contributed by atoms with Crippen LogP contribution in [-0.2, 0) is 14.3 Å². The Morgan fingerprint density at radius 1 is 1.17 bits per heavy atom. The number of aliphatic hydroxyl groups is 1. The van der Waals surface area contributed by atoms with Gasteiger partial charge in [-0.3, -0.25) is 9.59 Å². The highest BCUT2D eigenvalue weighted by molar-refractivity contribution is 6.46. The number of hydrogen-bond donors (Lipinski definition) is 1. The molecular formula is C23H27NO6. The first kappa shape index (κ1) is 21.6. The van der Waals surface area contributed by atoms with Crippen LogP contribution in [-0.4, -0.2) is 48.1 Å². The van der Waals surface area contributed by atoms with E-state index in [1.54, 1.807) is 50.4 Å². The average Bonchev–Trinajstić information content (AvgIpc) is 3.24. The highest BCUT2D eigenvalue weighted by atomic mass is 16.5. The molecule has 3 rings (SSSR count). The maximum Gasteiger partial charge on any atom is 0.295 e. The van der Waals surface area contributed by atoms with Crippen molar-refractivity contribution >= 4 is 17.4 Å². The van der Waals surface area contributed by atoms with Gasteiger partial charge in [-0.1, -0.05) is 0 Å². The number of Topliss-reactive ketones (excluding diaryl/α,β-unsaturated/α-hetero) is 1. The largest absolute Gasteiger partial charge is 0.507 e. The normalized spacial score (nSPS) is 18.4. The number of aliphatic hydroxyl groups excluding tert-OH is 1. The van der Waals surface area contributed by atoms with Crippen LogP contribution in [0.4, 0.5) is 0 Å².